The molecule has 1 aromatic heterocycles. The zero-order valence-electron chi connectivity index (χ0n) is 17.4. The Morgan fingerprint density at radius 1 is 1.20 bits per heavy atom. The molecular weight excluding hydrogens is 380 g/mol. The molecule has 0 N–H and O–H groups in total. The third-order valence-electron chi connectivity index (χ3n) is 4.98. The van der Waals surface area contributed by atoms with Crippen molar-refractivity contribution >= 4 is 23.4 Å². The fourth-order valence-corrected chi connectivity index (χ4v) is 3.72. The largest absolute Gasteiger partial charge is 0.444 e. The number of carbonyl (C=O) groups excluding carboxylic acids is 1. The van der Waals surface area contributed by atoms with Crippen LogP contribution in [0.4, 0.5) is 16.4 Å². The molecule has 0 aliphatic carbocycles. The molecule has 2 aromatic carbocycles. The number of benzene rings is 2. The summed E-state index contributed by atoms with van der Waals surface area (Å²) in [6, 6.07) is 13.8. The van der Waals surface area contributed by atoms with E-state index in [4.69, 9.17) is 4.74 Å². The average Bonchev–Trinajstić information content (AvgIpc) is 3.05. The molecule has 0 bridgehead atoms. The van der Waals surface area contributed by atoms with Gasteiger partial charge in [-0.05, 0) is 49.1 Å². The number of carbonyl (C=O) groups is 1. The maximum Gasteiger partial charge on any atom is 0.414 e. The molecule has 0 atom stereocenters. The number of aliphatic imine (C=N–C) groups is 1. The Kier molecular flexibility index (Phi) is 5.56. The summed E-state index contributed by atoms with van der Waals surface area (Å²) in [5.74, 6) is 0.317. The van der Waals surface area contributed by atoms with Crippen molar-refractivity contribution in [3.8, 4) is 0 Å². The Morgan fingerprint density at radius 2 is 2.00 bits per heavy atom. The van der Waals surface area contributed by atoms with Crippen LogP contribution in [-0.4, -0.2) is 38.6 Å². The molecule has 1 amide bonds. The Bertz CT molecular complexity index is 1090. The molecule has 0 unspecified atom stereocenters. The Hall–Kier alpha value is -3.55. The van der Waals surface area contributed by atoms with Gasteiger partial charge in [0, 0.05) is 12.1 Å². The topological polar surface area (TPSA) is 85.5 Å². The maximum absolute atomic E-state index is 13.0. The lowest BCUT2D eigenvalue weighted by Gasteiger charge is -2.24. The van der Waals surface area contributed by atoms with Crippen LogP contribution in [0.3, 0.4) is 0 Å². The first kappa shape index (κ1) is 19.8. The first-order chi connectivity index (χ1) is 14.5. The van der Waals surface area contributed by atoms with Gasteiger partial charge >= 0.3 is 6.09 Å². The average molecular weight is 404 g/mol. The number of fused-ring (bicyclic) bond motifs is 1. The molecule has 30 heavy (non-hydrogen) atoms. The summed E-state index contributed by atoms with van der Waals surface area (Å²) < 4.78 is 5.63. The fraction of sp³-hybridized carbons (Fsp3) is 0.318. The van der Waals surface area contributed by atoms with Crippen molar-refractivity contribution < 1.29 is 9.53 Å². The maximum atomic E-state index is 13.0. The zero-order chi connectivity index (χ0) is 21.1. The van der Waals surface area contributed by atoms with E-state index in [0.29, 0.717) is 18.9 Å². The monoisotopic (exact) mass is 404 g/mol. The van der Waals surface area contributed by atoms with Gasteiger partial charge in [0.25, 0.3) is 5.95 Å². The summed E-state index contributed by atoms with van der Waals surface area (Å²) in [6.45, 7) is 4.83. The zero-order valence-corrected chi connectivity index (χ0v) is 17.4. The Morgan fingerprint density at radius 3 is 2.73 bits per heavy atom. The second-order valence-electron chi connectivity index (χ2n) is 7.41. The number of ether oxygens (including phenoxy) is 1. The lowest BCUT2D eigenvalue weighted by molar-refractivity contribution is 0.147. The first-order valence-electron chi connectivity index (χ1n) is 9.92. The number of aromatic nitrogens is 4. The van der Waals surface area contributed by atoms with Crippen LogP contribution < -0.4 is 4.90 Å². The van der Waals surface area contributed by atoms with E-state index in [0.717, 1.165) is 40.1 Å². The van der Waals surface area contributed by atoms with Crippen molar-refractivity contribution in [3.63, 3.8) is 0 Å². The summed E-state index contributed by atoms with van der Waals surface area (Å²) in [4.78, 5) is 20.8. The van der Waals surface area contributed by atoms with E-state index < -0.39 is 0 Å². The van der Waals surface area contributed by atoms with E-state index in [-0.39, 0.29) is 12.7 Å². The highest BCUT2D eigenvalue weighted by Crippen LogP contribution is 2.33. The van der Waals surface area contributed by atoms with Gasteiger partial charge in [-0.2, -0.15) is 4.80 Å². The Labute approximate surface area is 175 Å². The molecule has 0 radical (unpaired) electrons. The second-order valence-corrected chi connectivity index (χ2v) is 7.41. The van der Waals surface area contributed by atoms with Crippen LogP contribution in [0.5, 0.6) is 0 Å². The standard InChI is InChI=1S/C22H24N6O2/c1-15-12-16(2)20-18(13-15)19(23-21-24-26-27(3)25-21)10-7-11-28(20)22(29)30-14-17-8-5-4-6-9-17/h4-6,8-9,12-13H,7,10-11,14H2,1-3H3/b23-19-. The highest BCUT2D eigenvalue weighted by Gasteiger charge is 2.27. The van der Waals surface area contributed by atoms with Crippen molar-refractivity contribution in [1.29, 1.82) is 0 Å². The number of tetrazole rings is 1. The van der Waals surface area contributed by atoms with E-state index in [1.165, 1.54) is 4.80 Å². The van der Waals surface area contributed by atoms with Gasteiger partial charge in [-0.25, -0.2) is 9.79 Å². The number of nitrogens with zero attached hydrogens (tertiary/aromatic N) is 6. The quantitative estimate of drug-likeness (QED) is 0.661. The molecule has 1 aliphatic rings. The predicted octanol–water partition coefficient (Wildman–Crippen LogP) is 3.88. The molecule has 4 rings (SSSR count). The van der Waals surface area contributed by atoms with E-state index in [2.05, 4.69) is 32.5 Å². The van der Waals surface area contributed by atoms with Crippen molar-refractivity contribution in [2.75, 3.05) is 11.4 Å². The van der Waals surface area contributed by atoms with Crippen LogP contribution in [0, 0.1) is 13.8 Å². The lowest BCUT2D eigenvalue weighted by atomic mass is 9.99. The fourth-order valence-electron chi connectivity index (χ4n) is 3.72. The molecule has 0 fully saturated rings. The normalized spacial score (nSPS) is 15.0. The summed E-state index contributed by atoms with van der Waals surface area (Å²) >= 11 is 0. The Balaban J connectivity index is 1.68. The predicted molar refractivity (Wildman–Crippen MR) is 114 cm³/mol. The molecule has 1 aliphatic heterocycles. The molecule has 0 saturated carbocycles. The molecule has 0 spiro atoms. The number of rotatable bonds is 3. The van der Waals surface area contributed by atoms with E-state index in [1.54, 1.807) is 11.9 Å². The van der Waals surface area contributed by atoms with Gasteiger partial charge in [0.2, 0.25) is 0 Å². The number of aryl methyl sites for hydroxylation is 3. The second kappa shape index (κ2) is 8.44. The highest BCUT2D eigenvalue weighted by atomic mass is 16.6. The number of hydrogen-bond donors (Lipinski definition) is 0. The lowest BCUT2D eigenvalue weighted by Crippen LogP contribution is -2.33. The first-order valence-corrected chi connectivity index (χ1v) is 9.92. The number of hydrogen-bond acceptors (Lipinski definition) is 6. The molecule has 154 valence electrons. The van der Waals surface area contributed by atoms with Crippen molar-refractivity contribution in [3.05, 3.63) is 64.7 Å². The molecule has 8 nitrogen and oxygen atoms in total. The van der Waals surface area contributed by atoms with Crippen LogP contribution in [0.2, 0.25) is 0 Å². The van der Waals surface area contributed by atoms with Crippen molar-refractivity contribution in [2.45, 2.75) is 33.3 Å². The molecule has 8 heteroatoms. The van der Waals surface area contributed by atoms with Crippen LogP contribution in [-0.2, 0) is 18.4 Å². The van der Waals surface area contributed by atoms with Crippen molar-refractivity contribution in [1.82, 2.24) is 20.2 Å². The van der Waals surface area contributed by atoms with Gasteiger partial charge in [-0.15, -0.1) is 5.10 Å². The highest BCUT2D eigenvalue weighted by molar-refractivity contribution is 6.10. The molecule has 2 heterocycles. The smallest absolute Gasteiger partial charge is 0.414 e. The van der Waals surface area contributed by atoms with Gasteiger partial charge < -0.3 is 4.74 Å². The summed E-state index contributed by atoms with van der Waals surface area (Å²) in [6.07, 6.45) is 1.11. The minimum Gasteiger partial charge on any atom is -0.444 e. The van der Waals surface area contributed by atoms with E-state index >= 15 is 0 Å². The summed E-state index contributed by atoms with van der Waals surface area (Å²) in [5.41, 5.74) is 5.66. The molecular formula is C22H24N6O2. The summed E-state index contributed by atoms with van der Waals surface area (Å²) in [5, 5.41) is 12.0. The van der Waals surface area contributed by atoms with E-state index in [1.807, 2.05) is 44.2 Å². The SMILES string of the molecule is Cc1cc(C)c2c(c1)/C(=N\c1nnn(C)n1)CCCN2C(=O)OCc1ccccc1. The number of amides is 1. The molecule has 0 saturated heterocycles. The van der Waals surface area contributed by atoms with Gasteiger partial charge in [-0.1, -0.05) is 47.1 Å². The minimum absolute atomic E-state index is 0.237. The van der Waals surface area contributed by atoms with Crippen molar-refractivity contribution in [2.24, 2.45) is 12.0 Å². The number of anilines is 1. The van der Waals surface area contributed by atoms with Gasteiger partial charge in [-0.3, -0.25) is 4.90 Å². The minimum atomic E-state index is -0.356. The van der Waals surface area contributed by atoms with E-state index in [9.17, 15) is 4.79 Å². The van der Waals surface area contributed by atoms with Crippen LogP contribution in [0.25, 0.3) is 0 Å². The van der Waals surface area contributed by atoms with Gasteiger partial charge in [0.15, 0.2) is 0 Å². The van der Waals surface area contributed by atoms with Gasteiger partial charge in [0.05, 0.1) is 18.4 Å². The van der Waals surface area contributed by atoms with Crippen LogP contribution >= 0.6 is 0 Å². The third-order valence-corrected chi connectivity index (χ3v) is 4.98. The van der Waals surface area contributed by atoms with Crippen LogP contribution in [0.15, 0.2) is 47.5 Å². The van der Waals surface area contributed by atoms with Gasteiger partial charge in [0.1, 0.15) is 6.61 Å². The third kappa shape index (κ3) is 4.22. The molecule has 3 aromatic rings. The van der Waals surface area contributed by atoms with Crippen LogP contribution in [0.1, 0.15) is 35.1 Å². The summed E-state index contributed by atoms with van der Waals surface area (Å²) in [7, 11) is 1.70.